The van der Waals surface area contributed by atoms with Gasteiger partial charge >= 0.3 is 0 Å². The summed E-state index contributed by atoms with van der Waals surface area (Å²) in [5.41, 5.74) is 2.67. The monoisotopic (exact) mass is 275 g/mol. The molecule has 0 bridgehead atoms. The third-order valence-corrected chi connectivity index (χ3v) is 4.92. The molecule has 3 nitrogen and oxygen atoms in total. The number of anilines is 1. The summed E-state index contributed by atoms with van der Waals surface area (Å²) in [7, 11) is -1.92. The molecule has 0 N–H and O–H groups in total. The Bertz CT molecular complexity index is 676. The van der Waals surface area contributed by atoms with Crippen LogP contribution in [-0.4, -0.2) is 15.5 Å². The Labute approximate surface area is 114 Å². The molecule has 100 valence electrons. The fourth-order valence-electron chi connectivity index (χ4n) is 1.91. The molecule has 0 aliphatic heterocycles. The average molecular weight is 275 g/mol. The van der Waals surface area contributed by atoms with Crippen molar-refractivity contribution < 1.29 is 8.42 Å². The van der Waals surface area contributed by atoms with Crippen molar-refractivity contribution in [2.45, 2.75) is 18.7 Å². The molecule has 0 heterocycles. The summed E-state index contributed by atoms with van der Waals surface area (Å²) < 4.78 is 26.4. The molecule has 0 atom stereocenters. The van der Waals surface area contributed by atoms with E-state index in [1.54, 1.807) is 37.4 Å². The van der Waals surface area contributed by atoms with Gasteiger partial charge in [0.25, 0.3) is 10.0 Å². The van der Waals surface area contributed by atoms with E-state index in [4.69, 9.17) is 0 Å². The molecule has 0 unspecified atom stereocenters. The van der Waals surface area contributed by atoms with Crippen LogP contribution in [-0.2, 0) is 10.0 Å². The number of aryl methyl sites for hydroxylation is 2. The first-order valence-corrected chi connectivity index (χ1v) is 7.48. The predicted octanol–water partition coefficient (Wildman–Crippen LogP) is 3.13. The van der Waals surface area contributed by atoms with Gasteiger partial charge in [0.15, 0.2) is 0 Å². The molecule has 19 heavy (non-hydrogen) atoms. The smallest absolute Gasteiger partial charge is 0.264 e. The van der Waals surface area contributed by atoms with Crippen molar-refractivity contribution in [1.82, 2.24) is 0 Å². The summed E-state index contributed by atoms with van der Waals surface area (Å²) in [5, 5.41) is 0. The van der Waals surface area contributed by atoms with Crippen molar-refractivity contribution >= 4 is 15.7 Å². The quantitative estimate of drug-likeness (QED) is 0.863. The van der Waals surface area contributed by atoms with Crippen molar-refractivity contribution in [2.75, 3.05) is 11.4 Å². The third kappa shape index (κ3) is 2.63. The molecule has 0 fully saturated rings. The van der Waals surface area contributed by atoms with Crippen LogP contribution in [0.4, 0.5) is 5.69 Å². The number of rotatable bonds is 3. The molecular weight excluding hydrogens is 258 g/mol. The van der Waals surface area contributed by atoms with E-state index < -0.39 is 10.0 Å². The van der Waals surface area contributed by atoms with E-state index in [2.05, 4.69) is 0 Å². The topological polar surface area (TPSA) is 37.4 Å². The molecule has 0 saturated carbocycles. The first-order chi connectivity index (χ1) is 8.93. The summed E-state index contributed by atoms with van der Waals surface area (Å²) in [5.74, 6) is 0. The molecular formula is C15H17NO2S. The summed E-state index contributed by atoms with van der Waals surface area (Å²) in [6.45, 7) is 3.83. The fraction of sp³-hybridized carbons (Fsp3) is 0.200. The number of hydrogen-bond acceptors (Lipinski definition) is 2. The van der Waals surface area contributed by atoms with E-state index in [0.717, 1.165) is 11.1 Å². The van der Waals surface area contributed by atoms with Crippen molar-refractivity contribution in [3.05, 3.63) is 59.7 Å². The van der Waals surface area contributed by atoms with E-state index in [1.807, 2.05) is 32.0 Å². The number of para-hydroxylation sites is 1. The lowest BCUT2D eigenvalue weighted by molar-refractivity contribution is 0.594. The Morgan fingerprint density at radius 1 is 0.895 bits per heavy atom. The molecule has 0 aliphatic rings. The van der Waals surface area contributed by atoms with Gasteiger partial charge in [0, 0.05) is 7.05 Å². The van der Waals surface area contributed by atoms with Crippen LogP contribution >= 0.6 is 0 Å². The first-order valence-electron chi connectivity index (χ1n) is 6.04. The number of benzene rings is 2. The average Bonchev–Trinajstić information content (AvgIpc) is 2.39. The Morgan fingerprint density at radius 2 is 1.47 bits per heavy atom. The molecule has 0 radical (unpaired) electrons. The predicted molar refractivity (Wildman–Crippen MR) is 77.9 cm³/mol. The zero-order chi connectivity index (χ0) is 14.0. The van der Waals surface area contributed by atoms with Gasteiger partial charge in [-0.05, 0) is 37.6 Å². The zero-order valence-electron chi connectivity index (χ0n) is 11.3. The largest absolute Gasteiger partial charge is 0.269 e. The summed E-state index contributed by atoms with van der Waals surface area (Å²) in [4.78, 5) is 0.309. The highest BCUT2D eigenvalue weighted by molar-refractivity contribution is 7.92. The van der Waals surface area contributed by atoms with Crippen LogP contribution in [0.2, 0.25) is 0 Å². The van der Waals surface area contributed by atoms with E-state index in [1.165, 1.54) is 4.31 Å². The molecule has 2 aromatic carbocycles. The molecule has 4 heteroatoms. The van der Waals surface area contributed by atoms with Gasteiger partial charge in [-0.1, -0.05) is 35.9 Å². The Morgan fingerprint density at radius 3 is 2.05 bits per heavy atom. The highest BCUT2D eigenvalue weighted by Gasteiger charge is 2.21. The maximum absolute atomic E-state index is 12.5. The molecule has 0 amide bonds. The van der Waals surface area contributed by atoms with Crippen LogP contribution < -0.4 is 4.31 Å². The summed E-state index contributed by atoms with van der Waals surface area (Å²) >= 11 is 0. The van der Waals surface area contributed by atoms with Crippen LogP contribution in [0.5, 0.6) is 0 Å². The van der Waals surface area contributed by atoms with Crippen molar-refractivity contribution in [3.63, 3.8) is 0 Å². The van der Waals surface area contributed by atoms with Gasteiger partial charge in [0.1, 0.15) is 0 Å². The Hall–Kier alpha value is -1.81. The minimum absolute atomic E-state index is 0.309. The van der Waals surface area contributed by atoms with E-state index in [0.29, 0.717) is 10.6 Å². The van der Waals surface area contributed by atoms with Gasteiger partial charge in [0.2, 0.25) is 0 Å². The normalized spacial score (nSPS) is 11.3. The van der Waals surface area contributed by atoms with Crippen LogP contribution in [0, 0.1) is 13.8 Å². The van der Waals surface area contributed by atoms with Crippen LogP contribution in [0.3, 0.4) is 0 Å². The zero-order valence-corrected chi connectivity index (χ0v) is 12.1. The SMILES string of the molecule is Cc1ccc(S(=O)(=O)N(C)c2ccccc2C)cc1. The van der Waals surface area contributed by atoms with Crippen molar-refractivity contribution in [2.24, 2.45) is 0 Å². The first kappa shape index (κ1) is 13.6. The highest BCUT2D eigenvalue weighted by Crippen LogP contribution is 2.24. The summed E-state index contributed by atoms with van der Waals surface area (Å²) in [6, 6.07) is 14.3. The second-order valence-electron chi connectivity index (χ2n) is 4.57. The molecule has 0 saturated heterocycles. The van der Waals surface area contributed by atoms with E-state index in [9.17, 15) is 8.42 Å². The van der Waals surface area contributed by atoms with Gasteiger partial charge in [-0.3, -0.25) is 4.31 Å². The van der Waals surface area contributed by atoms with Gasteiger partial charge in [-0.15, -0.1) is 0 Å². The minimum atomic E-state index is -3.50. The second-order valence-corrected chi connectivity index (χ2v) is 6.54. The van der Waals surface area contributed by atoms with Crippen molar-refractivity contribution in [3.8, 4) is 0 Å². The van der Waals surface area contributed by atoms with E-state index in [-0.39, 0.29) is 0 Å². The maximum Gasteiger partial charge on any atom is 0.264 e. The molecule has 0 aliphatic carbocycles. The van der Waals surface area contributed by atoms with Gasteiger partial charge in [-0.25, -0.2) is 8.42 Å². The molecule has 0 aromatic heterocycles. The Kier molecular flexibility index (Phi) is 3.62. The van der Waals surface area contributed by atoms with Gasteiger partial charge in [-0.2, -0.15) is 0 Å². The van der Waals surface area contributed by atoms with Gasteiger partial charge in [0.05, 0.1) is 10.6 Å². The highest BCUT2D eigenvalue weighted by atomic mass is 32.2. The maximum atomic E-state index is 12.5. The number of hydrogen-bond donors (Lipinski definition) is 0. The second kappa shape index (κ2) is 5.05. The minimum Gasteiger partial charge on any atom is -0.269 e. The lowest BCUT2D eigenvalue weighted by Crippen LogP contribution is -2.27. The molecule has 0 spiro atoms. The van der Waals surface area contributed by atoms with Crippen LogP contribution in [0.15, 0.2) is 53.4 Å². The van der Waals surface area contributed by atoms with E-state index >= 15 is 0 Å². The summed E-state index contributed by atoms with van der Waals surface area (Å²) in [6.07, 6.45) is 0. The molecule has 2 aromatic rings. The standard InChI is InChI=1S/C15H17NO2S/c1-12-8-10-14(11-9-12)19(17,18)16(3)15-7-5-4-6-13(15)2/h4-11H,1-3H3. The number of nitrogens with zero attached hydrogens (tertiary/aromatic N) is 1. The van der Waals surface area contributed by atoms with Crippen LogP contribution in [0.1, 0.15) is 11.1 Å². The van der Waals surface area contributed by atoms with Gasteiger partial charge < -0.3 is 0 Å². The molecule has 2 rings (SSSR count). The fourth-order valence-corrected chi connectivity index (χ4v) is 3.17. The lowest BCUT2D eigenvalue weighted by atomic mass is 10.2. The lowest BCUT2D eigenvalue weighted by Gasteiger charge is -2.21. The number of sulfonamides is 1. The van der Waals surface area contributed by atoms with Crippen molar-refractivity contribution in [1.29, 1.82) is 0 Å². The Balaban J connectivity index is 2.45. The van der Waals surface area contributed by atoms with Crippen LogP contribution in [0.25, 0.3) is 0 Å². The third-order valence-electron chi connectivity index (χ3n) is 3.13.